The van der Waals surface area contributed by atoms with Gasteiger partial charge in [-0.2, -0.15) is 0 Å². The van der Waals surface area contributed by atoms with Crippen LogP contribution in [-0.4, -0.2) is 34.8 Å². The second kappa shape index (κ2) is 6.25. The zero-order valence-electron chi connectivity index (χ0n) is 10.7. The van der Waals surface area contributed by atoms with Crippen LogP contribution >= 0.6 is 15.9 Å². The van der Waals surface area contributed by atoms with E-state index in [9.17, 15) is 15.2 Å². The van der Waals surface area contributed by atoms with Gasteiger partial charge in [-0.15, -0.1) is 0 Å². The van der Waals surface area contributed by atoms with Gasteiger partial charge in [0.1, 0.15) is 6.20 Å². The number of hydrogen-bond donors (Lipinski definition) is 1. The number of benzene rings is 1. The number of rotatable bonds is 5. The summed E-state index contributed by atoms with van der Waals surface area (Å²) >= 11 is 3.34. The van der Waals surface area contributed by atoms with Crippen molar-refractivity contribution in [2.45, 2.75) is 12.5 Å². The zero-order chi connectivity index (χ0) is 14.7. The number of halogens is 1. The fraction of sp³-hybridized carbons (Fsp3) is 0.308. The largest absolute Gasteiger partial charge is 0.390 e. The van der Waals surface area contributed by atoms with E-state index in [1.165, 1.54) is 13.3 Å². The molecule has 0 amide bonds. The van der Waals surface area contributed by atoms with Crippen LogP contribution in [0.25, 0.3) is 10.9 Å². The molecular formula is C13H13BrN2O4. The average molecular weight is 341 g/mol. The summed E-state index contributed by atoms with van der Waals surface area (Å²) in [6.45, 7) is 0.120. The van der Waals surface area contributed by atoms with E-state index in [2.05, 4.69) is 20.9 Å². The Morgan fingerprint density at radius 3 is 2.95 bits per heavy atom. The highest BCUT2D eigenvalue weighted by Crippen LogP contribution is 2.29. The van der Waals surface area contributed by atoms with E-state index in [1.54, 1.807) is 12.1 Å². The number of nitro groups is 1. The third-order valence-electron chi connectivity index (χ3n) is 2.91. The van der Waals surface area contributed by atoms with Gasteiger partial charge >= 0.3 is 0 Å². The Kier molecular flexibility index (Phi) is 4.64. The van der Waals surface area contributed by atoms with Gasteiger partial charge in [0.05, 0.1) is 23.2 Å². The van der Waals surface area contributed by atoms with Crippen LogP contribution in [0.15, 0.2) is 28.9 Å². The van der Waals surface area contributed by atoms with Crippen LogP contribution in [0, 0.1) is 10.1 Å². The Bertz CT molecular complexity index is 648. The van der Waals surface area contributed by atoms with E-state index in [1.807, 2.05) is 6.07 Å². The summed E-state index contributed by atoms with van der Waals surface area (Å²) in [7, 11) is 1.47. The van der Waals surface area contributed by atoms with E-state index in [0.717, 1.165) is 4.47 Å². The Labute approximate surface area is 123 Å². The maximum absolute atomic E-state index is 11.1. The second-order valence-electron chi connectivity index (χ2n) is 4.35. The maximum Gasteiger partial charge on any atom is 0.291 e. The van der Waals surface area contributed by atoms with Crippen molar-refractivity contribution < 1.29 is 14.8 Å². The lowest BCUT2D eigenvalue weighted by Crippen LogP contribution is -2.18. The third kappa shape index (κ3) is 3.12. The number of nitrogens with zero attached hydrogens (tertiary/aromatic N) is 2. The van der Waals surface area contributed by atoms with Gasteiger partial charge < -0.3 is 9.84 Å². The van der Waals surface area contributed by atoms with Crippen LogP contribution in [-0.2, 0) is 11.2 Å². The van der Waals surface area contributed by atoms with Crippen molar-refractivity contribution >= 4 is 32.5 Å². The Hall–Kier alpha value is -1.57. The van der Waals surface area contributed by atoms with Crippen molar-refractivity contribution in [2.75, 3.05) is 13.7 Å². The smallest absolute Gasteiger partial charge is 0.291 e. The first kappa shape index (κ1) is 14.8. The molecule has 1 atom stereocenters. The molecule has 106 valence electrons. The number of pyridine rings is 1. The lowest BCUT2D eigenvalue weighted by Gasteiger charge is -2.12. The number of aliphatic hydroxyl groups is 1. The fourth-order valence-corrected chi connectivity index (χ4v) is 2.43. The third-order valence-corrected chi connectivity index (χ3v) is 3.41. The van der Waals surface area contributed by atoms with Crippen LogP contribution < -0.4 is 0 Å². The van der Waals surface area contributed by atoms with E-state index < -0.39 is 11.0 Å². The van der Waals surface area contributed by atoms with Gasteiger partial charge in [-0.05, 0) is 18.2 Å². The molecule has 2 rings (SSSR count). The lowest BCUT2D eigenvalue weighted by atomic mass is 10.0. The highest BCUT2D eigenvalue weighted by atomic mass is 79.9. The molecule has 0 aliphatic rings. The minimum atomic E-state index is -0.803. The van der Waals surface area contributed by atoms with Crippen molar-refractivity contribution in [1.82, 2.24) is 4.98 Å². The molecule has 0 fully saturated rings. The van der Waals surface area contributed by atoms with Crippen molar-refractivity contribution in [3.05, 3.63) is 44.5 Å². The van der Waals surface area contributed by atoms with Crippen LogP contribution in [0.2, 0.25) is 0 Å². The molecule has 7 heteroatoms. The van der Waals surface area contributed by atoms with Crippen LogP contribution in [0.5, 0.6) is 0 Å². The second-order valence-corrected chi connectivity index (χ2v) is 5.27. The van der Waals surface area contributed by atoms with Crippen molar-refractivity contribution in [3.8, 4) is 0 Å². The van der Waals surface area contributed by atoms with Gasteiger partial charge in [-0.1, -0.05) is 15.9 Å². The Morgan fingerprint density at radius 1 is 1.55 bits per heavy atom. The average Bonchev–Trinajstić information content (AvgIpc) is 2.39. The van der Waals surface area contributed by atoms with E-state index >= 15 is 0 Å². The maximum atomic E-state index is 11.1. The molecular weight excluding hydrogens is 328 g/mol. The van der Waals surface area contributed by atoms with Crippen molar-refractivity contribution in [2.24, 2.45) is 0 Å². The summed E-state index contributed by atoms with van der Waals surface area (Å²) in [6, 6.07) is 5.36. The zero-order valence-corrected chi connectivity index (χ0v) is 12.3. The quantitative estimate of drug-likeness (QED) is 0.667. The number of aliphatic hydroxyl groups excluding tert-OH is 1. The van der Waals surface area contributed by atoms with Crippen LogP contribution in [0.4, 0.5) is 5.69 Å². The first-order chi connectivity index (χ1) is 9.52. The number of methoxy groups -OCH3 is 1. The highest BCUT2D eigenvalue weighted by molar-refractivity contribution is 9.10. The van der Waals surface area contributed by atoms with Gasteiger partial charge in [0.25, 0.3) is 5.69 Å². The number of fused-ring (bicyclic) bond motifs is 1. The minimum Gasteiger partial charge on any atom is -0.390 e. The molecule has 20 heavy (non-hydrogen) atoms. The van der Waals surface area contributed by atoms with Crippen molar-refractivity contribution in [1.29, 1.82) is 0 Å². The molecule has 6 nitrogen and oxygen atoms in total. The molecule has 0 bridgehead atoms. The number of aromatic nitrogens is 1. The minimum absolute atomic E-state index is 0.0919. The van der Waals surface area contributed by atoms with Crippen LogP contribution in [0.3, 0.4) is 0 Å². The van der Waals surface area contributed by atoms with E-state index in [4.69, 9.17) is 4.74 Å². The molecule has 0 aliphatic carbocycles. The molecule has 0 saturated carbocycles. The molecule has 2 aromatic rings. The summed E-state index contributed by atoms with van der Waals surface area (Å²) in [6.07, 6.45) is 0.563. The van der Waals surface area contributed by atoms with Crippen molar-refractivity contribution in [3.63, 3.8) is 0 Å². The van der Waals surface area contributed by atoms with Gasteiger partial charge in [-0.25, -0.2) is 4.98 Å². The fourth-order valence-electron chi connectivity index (χ4n) is 2.07. The molecule has 0 spiro atoms. The molecule has 1 N–H and O–H groups in total. The monoisotopic (exact) mass is 340 g/mol. The van der Waals surface area contributed by atoms with Crippen LogP contribution in [0.1, 0.15) is 5.56 Å². The molecule has 0 aliphatic heterocycles. The summed E-state index contributed by atoms with van der Waals surface area (Å²) < 4.78 is 5.67. The molecule has 1 heterocycles. The topological polar surface area (TPSA) is 85.5 Å². The number of ether oxygens (including phenoxy) is 1. The normalized spacial score (nSPS) is 12.6. The summed E-state index contributed by atoms with van der Waals surface area (Å²) in [4.78, 5) is 14.7. The van der Waals surface area contributed by atoms with Gasteiger partial charge in [0.15, 0.2) is 0 Å². The first-order valence-electron chi connectivity index (χ1n) is 5.91. The van der Waals surface area contributed by atoms with Gasteiger partial charge in [0, 0.05) is 29.0 Å². The van der Waals surface area contributed by atoms with E-state index in [-0.39, 0.29) is 18.7 Å². The van der Waals surface area contributed by atoms with Gasteiger partial charge in [0.2, 0.25) is 0 Å². The predicted molar refractivity (Wildman–Crippen MR) is 77.7 cm³/mol. The molecule has 1 aromatic heterocycles. The molecule has 0 saturated heterocycles. The first-order valence-corrected chi connectivity index (χ1v) is 6.70. The predicted octanol–water partition coefficient (Wildman–Crippen LogP) is 2.46. The Morgan fingerprint density at radius 2 is 2.30 bits per heavy atom. The summed E-state index contributed by atoms with van der Waals surface area (Å²) in [5, 5.41) is 21.6. The SMILES string of the molecule is COCC(O)Cc1c([N+](=O)[O-])cnc2ccc(Br)cc12. The highest BCUT2D eigenvalue weighted by Gasteiger charge is 2.20. The summed E-state index contributed by atoms with van der Waals surface area (Å²) in [5.74, 6) is 0. The van der Waals surface area contributed by atoms with Gasteiger partial charge in [-0.3, -0.25) is 10.1 Å². The summed E-state index contributed by atoms with van der Waals surface area (Å²) in [5.41, 5.74) is 1.02. The molecule has 1 unspecified atom stereocenters. The number of hydrogen-bond acceptors (Lipinski definition) is 5. The molecule has 0 radical (unpaired) electrons. The van der Waals surface area contributed by atoms with E-state index in [0.29, 0.717) is 16.5 Å². The Balaban J connectivity index is 2.58. The standard InChI is InChI=1S/C13H13BrN2O4/c1-20-7-9(17)5-11-10-4-8(14)2-3-12(10)15-6-13(11)16(18)19/h2-4,6,9,17H,5,7H2,1H3. The molecule has 1 aromatic carbocycles. The lowest BCUT2D eigenvalue weighted by molar-refractivity contribution is -0.385.